The number of esters is 1. The monoisotopic (exact) mass is 437 g/mol. The lowest BCUT2D eigenvalue weighted by atomic mass is 9.68. The van der Waals surface area contributed by atoms with Crippen molar-refractivity contribution in [2.75, 3.05) is 0 Å². The third-order valence-electron chi connectivity index (χ3n) is 6.34. The van der Waals surface area contributed by atoms with E-state index >= 15 is 0 Å². The maximum absolute atomic E-state index is 14.0. The molecule has 0 radical (unpaired) electrons. The number of nitro groups is 1. The van der Waals surface area contributed by atoms with Gasteiger partial charge >= 0.3 is 5.97 Å². The molecule has 3 aromatic carbocycles. The van der Waals surface area contributed by atoms with Crippen LogP contribution in [0.25, 0.3) is 5.57 Å². The van der Waals surface area contributed by atoms with Gasteiger partial charge in [-0.3, -0.25) is 14.9 Å². The van der Waals surface area contributed by atoms with Crippen molar-refractivity contribution in [2.24, 2.45) is 5.92 Å². The lowest BCUT2D eigenvalue weighted by Crippen LogP contribution is -2.47. The molecule has 7 nitrogen and oxygen atoms in total. The molecular weight excluding hydrogens is 422 g/mol. The zero-order valence-electron chi connectivity index (χ0n) is 17.1. The fourth-order valence-electron chi connectivity index (χ4n) is 4.91. The Balaban J connectivity index is 1.56. The van der Waals surface area contributed by atoms with E-state index in [9.17, 15) is 19.7 Å². The molecule has 2 aliphatic heterocycles. The molecular formula is C26H15NO6. The van der Waals surface area contributed by atoms with Gasteiger partial charge in [-0.15, -0.1) is 0 Å². The maximum Gasteiger partial charge on any atom is 0.339 e. The van der Waals surface area contributed by atoms with E-state index in [2.05, 4.69) is 0 Å². The van der Waals surface area contributed by atoms with E-state index in [1.807, 2.05) is 18.2 Å². The standard InChI is InChI=1S/C26H15NO6/c28-24-17(15-9-11-16(12-10-15)27(30)31)13-14-22-23(24)26(20-7-3-4-8-21(20)32-22)19-6-2-1-5-18(19)25(29)33-26/h1-14,23H. The molecule has 0 N–H and O–H groups in total. The third kappa shape index (κ3) is 2.56. The molecule has 0 aromatic heterocycles. The number of para-hydroxylation sites is 1. The van der Waals surface area contributed by atoms with Gasteiger partial charge < -0.3 is 9.47 Å². The van der Waals surface area contributed by atoms with Gasteiger partial charge in [-0.2, -0.15) is 0 Å². The van der Waals surface area contributed by atoms with Gasteiger partial charge in [0.25, 0.3) is 5.69 Å². The van der Waals surface area contributed by atoms with Crippen LogP contribution < -0.4 is 4.74 Å². The zero-order chi connectivity index (χ0) is 22.7. The van der Waals surface area contributed by atoms with E-state index in [0.29, 0.717) is 39.3 Å². The highest BCUT2D eigenvalue weighted by molar-refractivity contribution is 6.24. The fourth-order valence-corrected chi connectivity index (χ4v) is 4.91. The average molecular weight is 437 g/mol. The Morgan fingerprint density at radius 2 is 1.55 bits per heavy atom. The second-order valence-electron chi connectivity index (χ2n) is 8.02. The highest BCUT2D eigenvalue weighted by Crippen LogP contribution is 2.57. The number of non-ortho nitro benzene ring substituents is 1. The van der Waals surface area contributed by atoms with Crippen molar-refractivity contribution in [3.8, 4) is 5.75 Å². The molecule has 3 aliphatic rings. The van der Waals surface area contributed by atoms with Crippen LogP contribution in [0.3, 0.4) is 0 Å². The van der Waals surface area contributed by atoms with Crippen molar-refractivity contribution in [3.63, 3.8) is 0 Å². The largest absolute Gasteiger partial charge is 0.460 e. The summed E-state index contributed by atoms with van der Waals surface area (Å²) in [4.78, 5) is 37.4. The van der Waals surface area contributed by atoms with Crippen LogP contribution >= 0.6 is 0 Å². The van der Waals surface area contributed by atoms with Gasteiger partial charge in [-0.1, -0.05) is 36.4 Å². The zero-order valence-corrected chi connectivity index (χ0v) is 17.1. The van der Waals surface area contributed by atoms with Crippen molar-refractivity contribution in [3.05, 3.63) is 123 Å². The predicted molar refractivity (Wildman–Crippen MR) is 117 cm³/mol. The van der Waals surface area contributed by atoms with Crippen LogP contribution in [-0.4, -0.2) is 16.7 Å². The van der Waals surface area contributed by atoms with Gasteiger partial charge in [0, 0.05) is 28.8 Å². The Hall–Kier alpha value is -4.52. The lowest BCUT2D eigenvalue weighted by Gasteiger charge is -2.43. The number of carbonyl (C=O) groups is 2. The summed E-state index contributed by atoms with van der Waals surface area (Å²) in [6, 6.07) is 20.1. The van der Waals surface area contributed by atoms with E-state index in [-0.39, 0.29) is 11.5 Å². The maximum atomic E-state index is 14.0. The quantitative estimate of drug-likeness (QED) is 0.331. The molecule has 6 rings (SSSR count). The van der Waals surface area contributed by atoms with E-state index in [0.717, 1.165) is 0 Å². The summed E-state index contributed by atoms with van der Waals surface area (Å²) in [6.07, 6.45) is 3.34. The van der Waals surface area contributed by atoms with E-state index < -0.39 is 22.4 Å². The summed E-state index contributed by atoms with van der Waals surface area (Å²) in [5, 5.41) is 11.0. The number of nitrogens with zero attached hydrogens (tertiary/aromatic N) is 1. The number of ether oxygens (including phenoxy) is 2. The molecule has 2 unspecified atom stereocenters. The minimum absolute atomic E-state index is 0.0658. The molecule has 0 saturated heterocycles. The van der Waals surface area contributed by atoms with Crippen molar-refractivity contribution < 1.29 is 24.0 Å². The van der Waals surface area contributed by atoms with Crippen LogP contribution in [0.15, 0.2) is 90.7 Å². The number of nitro benzene ring substituents is 1. The second kappa shape index (κ2) is 6.74. The highest BCUT2D eigenvalue weighted by atomic mass is 16.6. The van der Waals surface area contributed by atoms with Crippen LogP contribution in [0.5, 0.6) is 5.75 Å². The smallest absolute Gasteiger partial charge is 0.339 e. The SMILES string of the molecule is O=C1OC2(c3ccccc3OC3=CC=C(c4ccc([N+](=O)[O-])cc4)C(=O)C32)c2ccccc21. The van der Waals surface area contributed by atoms with Crippen molar-refractivity contribution in [1.82, 2.24) is 0 Å². The molecule has 0 fully saturated rings. The first-order chi connectivity index (χ1) is 16.0. The van der Waals surface area contributed by atoms with Crippen molar-refractivity contribution >= 4 is 23.0 Å². The minimum atomic E-state index is -1.37. The number of allylic oxidation sites excluding steroid dienone is 3. The summed E-state index contributed by atoms with van der Waals surface area (Å²) in [5.41, 5.74) is 1.08. The van der Waals surface area contributed by atoms with Gasteiger partial charge in [0.05, 0.1) is 10.5 Å². The molecule has 2 atom stereocenters. The average Bonchev–Trinajstić information content (AvgIpc) is 3.12. The Morgan fingerprint density at radius 1 is 0.848 bits per heavy atom. The number of rotatable bonds is 2. The Kier molecular flexibility index (Phi) is 3.92. The molecule has 0 bridgehead atoms. The molecule has 33 heavy (non-hydrogen) atoms. The third-order valence-corrected chi connectivity index (χ3v) is 6.34. The topological polar surface area (TPSA) is 95.7 Å². The van der Waals surface area contributed by atoms with Crippen molar-refractivity contribution in [1.29, 1.82) is 0 Å². The predicted octanol–water partition coefficient (Wildman–Crippen LogP) is 4.57. The Labute approximate surface area is 187 Å². The summed E-state index contributed by atoms with van der Waals surface area (Å²) in [7, 11) is 0. The molecule has 1 aliphatic carbocycles. The Morgan fingerprint density at radius 3 is 2.30 bits per heavy atom. The van der Waals surface area contributed by atoms with Gasteiger partial charge in [-0.25, -0.2) is 4.79 Å². The van der Waals surface area contributed by atoms with Crippen LogP contribution in [0.2, 0.25) is 0 Å². The molecule has 0 amide bonds. The van der Waals surface area contributed by atoms with Crippen LogP contribution in [0.4, 0.5) is 5.69 Å². The number of carbonyl (C=O) groups excluding carboxylic acids is 2. The summed E-state index contributed by atoms with van der Waals surface area (Å²) < 4.78 is 12.2. The Bertz CT molecular complexity index is 1440. The summed E-state index contributed by atoms with van der Waals surface area (Å²) in [6.45, 7) is 0. The fraction of sp³-hybridized carbons (Fsp3) is 0.0769. The number of Topliss-reactive ketones (excluding diaryl/α,β-unsaturated/α-hetero) is 1. The minimum Gasteiger partial charge on any atom is -0.460 e. The lowest BCUT2D eigenvalue weighted by molar-refractivity contribution is -0.384. The van der Waals surface area contributed by atoms with Gasteiger partial charge in [-0.05, 0) is 42.0 Å². The second-order valence-corrected chi connectivity index (χ2v) is 8.02. The van der Waals surface area contributed by atoms with Crippen LogP contribution in [-0.2, 0) is 15.1 Å². The molecule has 1 spiro atoms. The molecule has 0 saturated carbocycles. The summed E-state index contributed by atoms with van der Waals surface area (Å²) in [5.74, 6) is -0.824. The molecule has 160 valence electrons. The molecule has 2 heterocycles. The van der Waals surface area contributed by atoms with E-state index in [1.54, 1.807) is 54.6 Å². The van der Waals surface area contributed by atoms with E-state index in [4.69, 9.17) is 9.47 Å². The first-order valence-electron chi connectivity index (χ1n) is 10.3. The van der Waals surface area contributed by atoms with Crippen LogP contribution in [0, 0.1) is 16.0 Å². The van der Waals surface area contributed by atoms with Gasteiger partial charge in [0.2, 0.25) is 0 Å². The number of ketones is 1. The first-order valence-corrected chi connectivity index (χ1v) is 10.3. The van der Waals surface area contributed by atoms with E-state index in [1.165, 1.54) is 12.1 Å². The number of benzene rings is 3. The van der Waals surface area contributed by atoms with Gasteiger partial charge in [0.15, 0.2) is 11.4 Å². The normalized spacial score (nSPS) is 22.4. The highest BCUT2D eigenvalue weighted by Gasteiger charge is 2.61. The number of fused-ring (bicyclic) bond motifs is 6. The summed E-state index contributed by atoms with van der Waals surface area (Å²) >= 11 is 0. The van der Waals surface area contributed by atoms with Crippen molar-refractivity contribution in [2.45, 2.75) is 5.60 Å². The number of hydrogen-bond donors (Lipinski definition) is 0. The molecule has 3 aromatic rings. The van der Waals surface area contributed by atoms with Crippen LogP contribution in [0.1, 0.15) is 27.0 Å². The first kappa shape index (κ1) is 19.2. The molecule has 7 heteroatoms. The number of hydrogen-bond acceptors (Lipinski definition) is 6. The van der Waals surface area contributed by atoms with Gasteiger partial charge in [0.1, 0.15) is 17.4 Å².